The van der Waals surface area contributed by atoms with Crippen molar-refractivity contribution in [2.75, 3.05) is 0 Å². The van der Waals surface area contributed by atoms with E-state index in [9.17, 15) is 17.2 Å². The quantitative estimate of drug-likeness (QED) is 0.465. The van der Waals surface area contributed by atoms with Gasteiger partial charge in [0.05, 0.1) is 0 Å². The van der Waals surface area contributed by atoms with E-state index in [4.69, 9.17) is 0 Å². The van der Waals surface area contributed by atoms with E-state index >= 15 is 0 Å². The lowest BCUT2D eigenvalue weighted by Crippen LogP contribution is -2.38. The van der Waals surface area contributed by atoms with Crippen LogP contribution in [0.15, 0.2) is 35.2 Å². The van der Waals surface area contributed by atoms with Crippen LogP contribution < -0.4 is 0 Å². The maximum Gasteiger partial charge on any atom is 0.371 e. The third-order valence-electron chi connectivity index (χ3n) is 7.70. The highest BCUT2D eigenvalue weighted by molar-refractivity contribution is 8.04. The van der Waals surface area contributed by atoms with Gasteiger partial charge in [-0.05, 0) is 85.7 Å². The SMILES string of the molecule is O=S(=O)(OSc1ccccc1)C(F)(F)CC1CC2CC1C1C3CCC(C3)C21. The minimum Gasteiger partial charge on any atom is -0.192 e. The zero-order valence-electron chi connectivity index (χ0n) is 15.0. The molecule has 148 valence electrons. The van der Waals surface area contributed by atoms with Crippen molar-refractivity contribution >= 4 is 22.2 Å². The van der Waals surface area contributed by atoms with E-state index < -0.39 is 21.8 Å². The van der Waals surface area contributed by atoms with Gasteiger partial charge in [-0.15, -0.1) is 0 Å². The van der Waals surface area contributed by atoms with E-state index in [2.05, 4.69) is 3.63 Å². The van der Waals surface area contributed by atoms with Crippen molar-refractivity contribution in [2.45, 2.75) is 48.7 Å². The molecule has 0 aliphatic heterocycles. The third kappa shape index (κ3) is 2.96. The number of benzene rings is 1. The van der Waals surface area contributed by atoms with E-state index in [1.54, 1.807) is 30.3 Å². The van der Waals surface area contributed by atoms with E-state index in [-0.39, 0.29) is 11.8 Å². The number of hydrogen-bond donors (Lipinski definition) is 0. The maximum absolute atomic E-state index is 14.7. The molecule has 3 nitrogen and oxygen atoms in total. The van der Waals surface area contributed by atoms with Crippen LogP contribution in [0.3, 0.4) is 0 Å². The Balaban J connectivity index is 1.26. The molecular weight excluding hydrogens is 390 g/mol. The molecule has 5 rings (SSSR count). The van der Waals surface area contributed by atoms with Gasteiger partial charge in [0.25, 0.3) is 0 Å². The molecule has 1 aromatic carbocycles. The zero-order chi connectivity index (χ0) is 18.8. The fraction of sp³-hybridized carbons (Fsp3) is 0.700. The molecular formula is C20H24F2O3S2. The van der Waals surface area contributed by atoms with Crippen LogP contribution >= 0.6 is 12.0 Å². The van der Waals surface area contributed by atoms with E-state index in [1.165, 1.54) is 19.3 Å². The van der Waals surface area contributed by atoms with Crippen molar-refractivity contribution in [3.8, 4) is 0 Å². The lowest BCUT2D eigenvalue weighted by molar-refractivity contribution is 0.0198. The van der Waals surface area contributed by atoms with Crippen LogP contribution in [0.25, 0.3) is 0 Å². The molecule has 0 radical (unpaired) electrons. The van der Waals surface area contributed by atoms with Gasteiger partial charge in [0.1, 0.15) is 0 Å². The van der Waals surface area contributed by atoms with Gasteiger partial charge in [-0.2, -0.15) is 20.8 Å². The summed E-state index contributed by atoms with van der Waals surface area (Å²) >= 11 is 0.485. The van der Waals surface area contributed by atoms with Gasteiger partial charge in [0, 0.05) is 23.4 Å². The first-order chi connectivity index (χ1) is 12.9. The highest BCUT2D eigenvalue weighted by Gasteiger charge is 2.64. The molecule has 0 heterocycles. The van der Waals surface area contributed by atoms with Gasteiger partial charge in [-0.3, -0.25) is 0 Å². The average molecular weight is 415 g/mol. The van der Waals surface area contributed by atoms with Crippen LogP contribution in [0.2, 0.25) is 0 Å². The Morgan fingerprint density at radius 2 is 1.70 bits per heavy atom. The van der Waals surface area contributed by atoms with Crippen molar-refractivity contribution in [2.24, 2.45) is 41.4 Å². The Bertz CT molecular complexity index is 814. The lowest BCUT2D eigenvalue weighted by atomic mass is 9.67. The van der Waals surface area contributed by atoms with Crippen molar-refractivity contribution < 1.29 is 20.8 Å². The van der Waals surface area contributed by atoms with Crippen LogP contribution in [-0.2, 0) is 13.7 Å². The fourth-order valence-electron chi connectivity index (χ4n) is 6.95. The smallest absolute Gasteiger partial charge is 0.192 e. The number of halogens is 2. The summed E-state index contributed by atoms with van der Waals surface area (Å²) in [5, 5.41) is -3.84. The number of fused-ring (bicyclic) bond motifs is 9. The van der Waals surface area contributed by atoms with E-state index in [0.29, 0.717) is 34.7 Å². The normalized spacial score (nSPS) is 39.9. The van der Waals surface area contributed by atoms with Crippen LogP contribution in [0.5, 0.6) is 0 Å². The Labute approximate surface area is 163 Å². The largest absolute Gasteiger partial charge is 0.371 e. The van der Waals surface area contributed by atoms with Gasteiger partial charge in [0.15, 0.2) is 0 Å². The average Bonchev–Trinajstić information content (AvgIpc) is 3.39. The van der Waals surface area contributed by atoms with Crippen LogP contribution in [0.4, 0.5) is 8.78 Å². The summed E-state index contributed by atoms with van der Waals surface area (Å²) in [5.74, 6) is 3.46. The molecule has 0 spiro atoms. The van der Waals surface area contributed by atoms with Gasteiger partial charge in [0.2, 0.25) is 0 Å². The van der Waals surface area contributed by atoms with Crippen molar-refractivity contribution in [3.05, 3.63) is 30.3 Å². The number of rotatable bonds is 6. The zero-order valence-corrected chi connectivity index (χ0v) is 16.6. The van der Waals surface area contributed by atoms with Gasteiger partial charge < -0.3 is 0 Å². The highest BCUT2D eigenvalue weighted by Crippen LogP contribution is 2.69. The first kappa shape index (κ1) is 18.4. The Morgan fingerprint density at radius 1 is 1.00 bits per heavy atom. The molecule has 0 aromatic heterocycles. The summed E-state index contributed by atoms with van der Waals surface area (Å²) in [6.07, 6.45) is 5.05. The van der Waals surface area contributed by atoms with Gasteiger partial charge in [-0.1, -0.05) is 18.2 Å². The topological polar surface area (TPSA) is 43.4 Å². The summed E-state index contributed by atoms with van der Waals surface area (Å²) in [4.78, 5) is 0.488. The summed E-state index contributed by atoms with van der Waals surface area (Å²) in [6.45, 7) is 0. The monoisotopic (exact) mass is 414 g/mol. The predicted octanol–water partition coefficient (Wildman–Crippen LogP) is 5.34. The first-order valence-electron chi connectivity index (χ1n) is 9.89. The van der Waals surface area contributed by atoms with Crippen molar-refractivity contribution in [1.29, 1.82) is 0 Å². The second-order valence-electron chi connectivity index (χ2n) is 8.90. The third-order valence-corrected chi connectivity index (χ3v) is 10.1. The molecule has 4 fully saturated rings. The number of hydrogen-bond acceptors (Lipinski definition) is 4. The molecule has 0 N–H and O–H groups in total. The highest BCUT2D eigenvalue weighted by atomic mass is 32.3. The minimum absolute atomic E-state index is 0.189. The molecule has 4 aliphatic carbocycles. The van der Waals surface area contributed by atoms with Crippen LogP contribution in [-0.4, -0.2) is 13.7 Å². The molecule has 4 bridgehead atoms. The van der Waals surface area contributed by atoms with Gasteiger partial charge in [-0.25, -0.2) is 0 Å². The summed E-state index contributed by atoms with van der Waals surface area (Å²) in [6, 6.07) is 8.44. The molecule has 27 heavy (non-hydrogen) atoms. The molecule has 0 saturated heterocycles. The molecule has 4 aliphatic rings. The predicted molar refractivity (Wildman–Crippen MR) is 99.4 cm³/mol. The van der Waals surface area contributed by atoms with E-state index in [1.807, 2.05) is 0 Å². The van der Waals surface area contributed by atoms with Crippen molar-refractivity contribution in [3.63, 3.8) is 0 Å². The molecule has 7 heteroatoms. The van der Waals surface area contributed by atoms with Crippen LogP contribution in [0, 0.1) is 41.4 Å². The second kappa shape index (κ2) is 6.42. The Kier molecular flexibility index (Phi) is 4.37. The van der Waals surface area contributed by atoms with Crippen molar-refractivity contribution in [1.82, 2.24) is 0 Å². The second-order valence-corrected chi connectivity index (χ2v) is 11.6. The maximum atomic E-state index is 14.7. The van der Waals surface area contributed by atoms with Gasteiger partial charge >= 0.3 is 15.4 Å². The molecule has 7 atom stereocenters. The number of alkyl halides is 2. The fourth-order valence-corrected chi connectivity index (χ4v) is 8.71. The summed E-state index contributed by atoms with van der Waals surface area (Å²) in [5.41, 5.74) is 0. The molecule has 0 amide bonds. The first-order valence-corrected chi connectivity index (χ1v) is 12.0. The lowest BCUT2D eigenvalue weighted by Gasteiger charge is -2.39. The van der Waals surface area contributed by atoms with Crippen LogP contribution in [0.1, 0.15) is 38.5 Å². The summed E-state index contributed by atoms with van der Waals surface area (Å²) in [7, 11) is -4.97. The molecule has 4 saturated carbocycles. The minimum atomic E-state index is -4.97. The molecule has 1 aromatic rings. The summed E-state index contributed by atoms with van der Waals surface area (Å²) < 4.78 is 58.4. The Morgan fingerprint density at radius 3 is 2.44 bits per heavy atom. The Hall–Kier alpha value is -0.660. The standard InChI is InChI=1S/C20H24F2O3S2/c21-20(22,27(23,24)25-26-16-4-2-1-3-5-16)11-15-9-14-10-17(15)19-13-7-6-12(8-13)18(14)19/h1-5,12-15,17-19H,6-11H2. The van der Waals surface area contributed by atoms with E-state index in [0.717, 1.165) is 24.7 Å². The molecule has 7 unspecified atom stereocenters.